The molecule has 0 fully saturated rings. The van der Waals surface area contributed by atoms with Crippen LogP contribution in [0.2, 0.25) is 0 Å². The fraction of sp³-hybridized carbons (Fsp3) is 0.417. The molecule has 0 amide bonds. The van der Waals surface area contributed by atoms with Gasteiger partial charge in [0, 0.05) is 5.56 Å². The van der Waals surface area contributed by atoms with E-state index in [9.17, 15) is 0 Å². The molecule has 82 valence electrons. The van der Waals surface area contributed by atoms with E-state index in [1.54, 1.807) is 12.1 Å². The van der Waals surface area contributed by atoms with Gasteiger partial charge in [-0.25, -0.2) is 0 Å². The van der Waals surface area contributed by atoms with E-state index in [0.717, 1.165) is 18.8 Å². The van der Waals surface area contributed by atoms with Gasteiger partial charge >= 0.3 is 0 Å². The van der Waals surface area contributed by atoms with Crippen molar-refractivity contribution >= 4 is 5.84 Å². The molecular weight excluding hydrogens is 188 g/mol. The molecule has 0 aromatic heterocycles. The highest BCUT2D eigenvalue weighted by molar-refractivity contribution is 5.95. The summed E-state index contributed by atoms with van der Waals surface area (Å²) in [6, 6.07) is 7.35. The molecular formula is C12H18N2O. The van der Waals surface area contributed by atoms with Crippen molar-refractivity contribution in [2.45, 2.75) is 26.2 Å². The van der Waals surface area contributed by atoms with Gasteiger partial charge in [-0.1, -0.05) is 31.9 Å². The molecule has 0 saturated heterocycles. The smallest absolute Gasteiger partial charge is 0.122 e. The van der Waals surface area contributed by atoms with Crippen LogP contribution in [0.15, 0.2) is 24.3 Å². The van der Waals surface area contributed by atoms with Gasteiger partial charge in [0.2, 0.25) is 0 Å². The van der Waals surface area contributed by atoms with Crippen molar-refractivity contribution < 1.29 is 4.74 Å². The van der Waals surface area contributed by atoms with E-state index in [2.05, 4.69) is 6.92 Å². The summed E-state index contributed by atoms with van der Waals surface area (Å²) >= 11 is 0. The van der Waals surface area contributed by atoms with Crippen molar-refractivity contribution in [2.75, 3.05) is 6.61 Å². The van der Waals surface area contributed by atoms with Crippen LogP contribution in [0.4, 0.5) is 0 Å². The molecule has 3 N–H and O–H groups in total. The van der Waals surface area contributed by atoms with Gasteiger partial charge in [0.05, 0.1) is 6.61 Å². The van der Waals surface area contributed by atoms with Gasteiger partial charge in [0.25, 0.3) is 0 Å². The number of amidine groups is 1. The van der Waals surface area contributed by atoms with Crippen LogP contribution in [0.5, 0.6) is 5.75 Å². The summed E-state index contributed by atoms with van der Waals surface area (Å²) in [4.78, 5) is 0. The highest BCUT2D eigenvalue weighted by Crippen LogP contribution is 2.13. The van der Waals surface area contributed by atoms with E-state index in [1.165, 1.54) is 12.8 Å². The van der Waals surface area contributed by atoms with Crippen LogP contribution < -0.4 is 10.5 Å². The molecule has 15 heavy (non-hydrogen) atoms. The largest absolute Gasteiger partial charge is 0.494 e. The molecule has 0 bridgehead atoms. The first kappa shape index (κ1) is 11.6. The zero-order chi connectivity index (χ0) is 11.1. The van der Waals surface area contributed by atoms with Crippen LogP contribution >= 0.6 is 0 Å². The Morgan fingerprint density at radius 1 is 1.40 bits per heavy atom. The van der Waals surface area contributed by atoms with Crippen molar-refractivity contribution in [3.05, 3.63) is 29.8 Å². The third-order valence-corrected chi connectivity index (χ3v) is 2.16. The standard InChI is InChI=1S/C12H18N2O/c1-2-3-4-8-15-11-7-5-6-10(9-11)12(13)14/h5-7,9H,2-4,8H2,1H3,(H3,13,14). The first-order valence-electron chi connectivity index (χ1n) is 5.31. The molecule has 0 aliphatic heterocycles. The number of hydrogen-bond donors (Lipinski definition) is 2. The number of nitrogen functional groups attached to an aromatic ring is 1. The van der Waals surface area contributed by atoms with E-state index >= 15 is 0 Å². The molecule has 1 aromatic rings. The minimum atomic E-state index is 0.0778. The lowest BCUT2D eigenvalue weighted by molar-refractivity contribution is 0.306. The van der Waals surface area contributed by atoms with Crippen LogP contribution in [0.25, 0.3) is 0 Å². The number of unbranched alkanes of at least 4 members (excludes halogenated alkanes) is 2. The number of hydrogen-bond acceptors (Lipinski definition) is 2. The third-order valence-electron chi connectivity index (χ3n) is 2.16. The average Bonchev–Trinajstić information content (AvgIpc) is 2.25. The lowest BCUT2D eigenvalue weighted by Crippen LogP contribution is -2.11. The summed E-state index contributed by atoms with van der Waals surface area (Å²) < 4.78 is 5.55. The van der Waals surface area contributed by atoms with Gasteiger partial charge in [-0.15, -0.1) is 0 Å². The zero-order valence-electron chi connectivity index (χ0n) is 9.12. The number of nitrogens with two attached hydrogens (primary N) is 1. The van der Waals surface area contributed by atoms with Crippen molar-refractivity contribution in [1.29, 1.82) is 5.41 Å². The van der Waals surface area contributed by atoms with Gasteiger partial charge in [-0.3, -0.25) is 5.41 Å². The highest BCUT2D eigenvalue weighted by atomic mass is 16.5. The molecule has 0 saturated carbocycles. The fourth-order valence-electron chi connectivity index (χ4n) is 1.30. The molecule has 0 aliphatic carbocycles. The summed E-state index contributed by atoms with van der Waals surface area (Å²) in [5, 5.41) is 7.30. The summed E-state index contributed by atoms with van der Waals surface area (Å²) in [6.07, 6.45) is 3.45. The first-order chi connectivity index (χ1) is 7.24. The molecule has 0 aliphatic rings. The molecule has 1 aromatic carbocycles. The zero-order valence-corrected chi connectivity index (χ0v) is 9.12. The lowest BCUT2D eigenvalue weighted by Gasteiger charge is -2.06. The normalized spacial score (nSPS) is 9.93. The van der Waals surface area contributed by atoms with Crippen molar-refractivity contribution in [2.24, 2.45) is 5.73 Å². The molecule has 0 radical (unpaired) electrons. The van der Waals surface area contributed by atoms with Gasteiger partial charge in [0.15, 0.2) is 0 Å². The van der Waals surface area contributed by atoms with Crippen LogP contribution in [-0.2, 0) is 0 Å². The number of nitrogens with one attached hydrogen (secondary N) is 1. The summed E-state index contributed by atoms with van der Waals surface area (Å²) in [5.74, 6) is 0.868. The highest BCUT2D eigenvalue weighted by Gasteiger charge is 1.98. The summed E-state index contributed by atoms with van der Waals surface area (Å²) in [6.45, 7) is 2.89. The van der Waals surface area contributed by atoms with E-state index in [1.807, 2.05) is 12.1 Å². The maximum atomic E-state index is 7.30. The molecule has 0 atom stereocenters. The Morgan fingerprint density at radius 3 is 2.87 bits per heavy atom. The van der Waals surface area contributed by atoms with Crippen molar-refractivity contribution in [3.63, 3.8) is 0 Å². The van der Waals surface area contributed by atoms with Crippen LogP contribution in [0, 0.1) is 5.41 Å². The second-order valence-corrected chi connectivity index (χ2v) is 3.50. The molecule has 0 unspecified atom stereocenters. The SMILES string of the molecule is CCCCCOc1cccc(C(=N)N)c1. The van der Waals surface area contributed by atoms with E-state index in [-0.39, 0.29) is 5.84 Å². The fourth-order valence-corrected chi connectivity index (χ4v) is 1.30. The monoisotopic (exact) mass is 206 g/mol. The molecule has 0 heterocycles. The maximum Gasteiger partial charge on any atom is 0.122 e. The Balaban J connectivity index is 2.47. The molecule has 1 rings (SSSR count). The Kier molecular flexibility index (Phi) is 4.68. The van der Waals surface area contributed by atoms with Crippen LogP contribution in [0.1, 0.15) is 31.7 Å². The Labute approximate surface area is 90.8 Å². The Hall–Kier alpha value is -1.51. The lowest BCUT2D eigenvalue weighted by atomic mass is 10.2. The van der Waals surface area contributed by atoms with E-state index in [4.69, 9.17) is 15.9 Å². The van der Waals surface area contributed by atoms with Crippen LogP contribution in [0.3, 0.4) is 0 Å². The maximum absolute atomic E-state index is 7.30. The number of ether oxygens (including phenoxy) is 1. The van der Waals surface area contributed by atoms with Gasteiger partial charge in [-0.2, -0.15) is 0 Å². The average molecular weight is 206 g/mol. The minimum Gasteiger partial charge on any atom is -0.494 e. The predicted molar refractivity (Wildman–Crippen MR) is 62.5 cm³/mol. The van der Waals surface area contributed by atoms with Crippen molar-refractivity contribution in [3.8, 4) is 5.75 Å². The second-order valence-electron chi connectivity index (χ2n) is 3.50. The molecule has 3 heteroatoms. The third kappa shape index (κ3) is 4.02. The Morgan fingerprint density at radius 2 is 2.20 bits per heavy atom. The Bertz CT molecular complexity index is 323. The first-order valence-corrected chi connectivity index (χ1v) is 5.31. The molecule has 0 spiro atoms. The van der Waals surface area contributed by atoms with Crippen molar-refractivity contribution in [1.82, 2.24) is 0 Å². The number of benzene rings is 1. The molecule has 3 nitrogen and oxygen atoms in total. The summed E-state index contributed by atoms with van der Waals surface area (Å²) in [5.41, 5.74) is 6.10. The van der Waals surface area contributed by atoms with Crippen LogP contribution in [-0.4, -0.2) is 12.4 Å². The minimum absolute atomic E-state index is 0.0778. The van der Waals surface area contributed by atoms with Gasteiger partial charge in [-0.05, 0) is 18.6 Å². The predicted octanol–water partition coefficient (Wildman–Crippen LogP) is 2.54. The van der Waals surface area contributed by atoms with E-state index in [0.29, 0.717) is 5.56 Å². The summed E-state index contributed by atoms with van der Waals surface area (Å²) in [7, 11) is 0. The quantitative estimate of drug-likeness (QED) is 0.427. The van der Waals surface area contributed by atoms with Gasteiger partial charge < -0.3 is 10.5 Å². The second kappa shape index (κ2) is 6.06. The van der Waals surface area contributed by atoms with Gasteiger partial charge in [0.1, 0.15) is 11.6 Å². The topological polar surface area (TPSA) is 59.1 Å². The van der Waals surface area contributed by atoms with E-state index < -0.39 is 0 Å². The number of rotatable bonds is 6.